The monoisotopic (exact) mass is 735 g/mol. The van der Waals surface area contributed by atoms with E-state index in [0.717, 1.165) is 30.3 Å². The van der Waals surface area contributed by atoms with Crippen LogP contribution in [0.15, 0.2) is 42.5 Å². The summed E-state index contributed by atoms with van der Waals surface area (Å²) < 4.78 is 126. The van der Waals surface area contributed by atoms with E-state index in [1.54, 1.807) is 0 Å². The molecule has 1 aliphatic rings. The Balaban J connectivity index is 1.39. The molecule has 0 saturated heterocycles. The second-order valence-corrected chi connectivity index (χ2v) is 12.0. The van der Waals surface area contributed by atoms with E-state index in [4.69, 9.17) is 16.3 Å². The van der Waals surface area contributed by atoms with Crippen LogP contribution in [0.2, 0.25) is 5.02 Å². The summed E-state index contributed by atoms with van der Waals surface area (Å²) in [5, 5.41) is 4.84. The lowest BCUT2D eigenvalue weighted by atomic mass is 9.85. The van der Waals surface area contributed by atoms with Crippen molar-refractivity contribution < 1.29 is 53.8 Å². The third kappa shape index (κ3) is 8.78. The van der Waals surface area contributed by atoms with E-state index in [2.05, 4.69) is 25.6 Å². The Bertz CT molecular complexity index is 1850. The molecule has 2 aromatic heterocycles. The number of H-pyrrole nitrogens is 1. The summed E-state index contributed by atoms with van der Waals surface area (Å²) in [4.78, 5) is 36.7. The standard InChI is InChI=1S/C32H27ClF9N5O3/c33-21-2-1-3-22(34)26(21)29(49)43-13-15-4-9-20(32(40,41)42)16(10-15)11-25-45-23-12-19(30(47-27(23)46-25)50-14-24(35)36)28(48)44-18-7-5-17(6-8-18)31(37,38)39/h1-4,9-10,12,17-18,24H,5-8,11,13-14H2,(H,43,49)(H,44,48)(H,45,46,47). The summed E-state index contributed by atoms with van der Waals surface area (Å²) in [6, 6.07) is 7.22. The van der Waals surface area contributed by atoms with Crippen molar-refractivity contribution in [2.24, 2.45) is 5.92 Å². The molecule has 18 heteroatoms. The lowest BCUT2D eigenvalue weighted by molar-refractivity contribution is -0.182. The quantitative estimate of drug-likeness (QED) is 0.144. The van der Waals surface area contributed by atoms with Crippen molar-refractivity contribution in [1.29, 1.82) is 0 Å². The molecular formula is C32H27ClF9N5O3. The molecular weight excluding hydrogens is 709 g/mol. The number of pyridine rings is 1. The number of amides is 2. The van der Waals surface area contributed by atoms with Crippen LogP contribution in [0.4, 0.5) is 39.5 Å². The molecule has 268 valence electrons. The van der Waals surface area contributed by atoms with Gasteiger partial charge in [0.2, 0.25) is 5.88 Å². The highest BCUT2D eigenvalue weighted by Crippen LogP contribution is 2.38. The van der Waals surface area contributed by atoms with Gasteiger partial charge in [0.25, 0.3) is 18.2 Å². The van der Waals surface area contributed by atoms with Crippen molar-refractivity contribution in [3.63, 3.8) is 0 Å². The summed E-state index contributed by atoms with van der Waals surface area (Å²) in [7, 11) is 0. The van der Waals surface area contributed by atoms with Crippen LogP contribution in [-0.2, 0) is 19.1 Å². The number of imidazole rings is 1. The second kappa shape index (κ2) is 14.7. The molecule has 2 heterocycles. The summed E-state index contributed by atoms with van der Waals surface area (Å²) in [6.45, 7) is -1.45. The van der Waals surface area contributed by atoms with Crippen molar-refractivity contribution >= 4 is 34.6 Å². The van der Waals surface area contributed by atoms with Crippen LogP contribution in [0.25, 0.3) is 11.2 Å². The van der Waals surface area contributed by atoms with Crippen molar-refractivity contribution in [3.8, 4) is 5.88 Å². The van der Waals surface area contributed by atoms with Gasteiger partial charge < -0.3 is 20.4 Å². The maximum atomic E-state index is 14.1. The van der Waals surface area contributed by atoms with Crippen LogP contribution in [0.5, 0.6) is 5.88 Å². The number of ether oxygens (including phenoxy) is 1. The maximum absolute atomic E-state index is 14.1. The normalized spacial score (nSPS) is 16.9. The second-order valence-electron chi connectivity index (χ2n) is 11.6. The first-order chi connectivity index (χ1) is 23.5. The molecule has 1 fully saturated rings. The fourth-order valence-corrected chi connectivity index (χ4v) is 5.90. The molecule has 0 aliphatic heterocycles. The van der Waals surface area contributed by atoms with Gasteiger partial charge in [0, 0.05) is 19.0 Å². The van der Waals surface area contributed by atoms with Crippen LogP contribution < -0.4 is 15.4 Å². The Morgan fingerprint density at radius 3 is 2.34 bits per heavy atom. The van der Waals surface area contributed by atoms with E-state index in [0.29, 0.717) is 0 Å². The Morgan fingerprint density at radius 1 is 0.980 bits per heavy atom. The number of carbonyl (C=O) groups is 2. The smallest absolute Gasteiger partial charge is 0.416 e. The van der Waals surface area contributed by atoms with Crippen LogP contribution in [-0.4, -0.2) is 52.0 Å². The zero-order valence-electron chi connectivity index (χ0n) is 25.6. The molecule has 8 nitrogen and oxygen atoms in total. The number of nitrogens with one attached hydrogen (secondary N) is 3. The van der Waals surface area contributed by atoms with Crippen molar-refractivity contribution in [3.05, 3.63) is 86.9 Å². The van der Waals surface area contributed by atoms with Gasteiger partial charge in [-0.3, -0.25) is 9.59 Å². The Morgan fingerprint density at radius 2 is 1.70 bits per heavy atom. The summed E-state index contributed by atoms with van der Waals surface area (Å²) in [6.07, 6.45) is -13.0. The van der Waals surface area contributed by atoms with Gasteiger partial charge in [-0.25, -0.2) is 18.2 Å². The predicted molar refractivity (Wildman–Crippen MR) is 161 cm³/mol. The average Bonchev–Trinajstić information content (AvgIpc) is 3.42. The SMILES string of the molecule is O=C(NC1CCC(C(F)(F)F)CC1)c1cc2[nH]c(Cc3cc(CNC(=O)c4c(F)cccc4Cl)ccc3C(F)(F)F)nc2nc1OCC(F)F. The molecule has 0 unspecified atom stereocenters. The number of halogens is 10. The fourth-order valence-electron chi connectivity index (χ4n) is 5.65. The van der Waals surface area contributed by atoms with Gasteiger partial charge in [-0.15, -0.1) is 0 Å². The van der Waals surface area contributed by atoms with Gasteiger partial charge in [0.05, 0.1) is 27.6 Å². The number of rotatable bonds is 10. The van der Waals surface area contributed by atoms with Gasteiger partial charge in [0.15, 0.2) is 12.3 Å². The minimum Gasteiger partial charge on any atom is -0.471 e. The van der Waals surface area contributed by atoms with Crippen molar-refractivity contribution in [2.45, 2.75) is 63.5 Å². The molecule has 2 aromatic carbocycles. The topological polar surface area (TPSA) is 109 Å². The summed E-state index contributed by atoms with van der Waals surface area (Å²) in [5.41, 5.74) is -2.01. The van der Waals surface area contributed by atoms with Crippen LogP contribution >= 0.6 is 11.6 Å². The number of benzene rings is 2. The zero-order chi connectivity index (χ0) is 36.4. The summed E-state index contributed by atoms with van der Waals surface area (Å²) in [5.74, 6) is -4.77. The van der Waals surface area contributed by atoms with E-state index >= 15 is 0 Å². The molecule has 50 heavy (non-hydrogen) atoms. The number of carbonyl (C=O) groups excluding carboxylic acids is 2. The van der Waals surface area contributed by atoms with E-state index in [9.17, 15) is 49.1 Å². The fraction of sp³-hybridized carbons (Fsp3) is 0.375. The minimum atomic E-state index is -4.80. The number of aromatic amines is 1. The Kier molecular flexibility index (Phi) is 10.8. The third-order valence-corrected chi connectivity index (χ3v) is 8.39. The number of alkyl halides is 8. The number of aromatic nitrogens is 3. The number of nitrogens with zero attached hydrogens (tertiary/aromatic N) is 2. The first-order valence-electron chi connectivity index (χ1n) is 15.1. The molecule has 0 atom stereocenters. The lowest BCUT2D eigenvalue weighted by Gasteiger charge is -2.30. The van der Waals surface area contributed by atoms with Gasteiger partial charge in [-0.05, 0) is 61.1 Å². The minimum absolute atomic E-state index is 0.0220. The molecule has 3 N–H and O–H groups in total. The van der Waals surface area contributed by atoms with Crippen LogP contribution in [0.1, 0.15) is 68.9 Å². The zero-order valence-corrected chi connectivity index (χ0v) is 26.4. The Labute approximate surface area is 282 Å². The summed E-state index contributed by atoms with van der Waals surface area (Å²) >= 11 is 5.92. The largest absolute Gasteiger partial charge is 0.471 e. The highest BCUT2D eigenvalue weighted by atomic mass is 35.5. The lowest BCUT2D eigenvalue weighted by Crippen LogP contribution is -2.40. The van der Waals surface area contributed by atoms with E-state index in [1.165, 1.54) is 12.1 Å². The highest BCUT2D eigenvalue weighted by Gasteiger charge is 2.41. The molecule has 1 aliphatic carbocycles. The first-order valence-corrected chi connectivity index (χ1v) is 15.5. The van der Waals surface area contributed by atoms with Gasteiger partial charge in [-0.2, -0.15) is 31.3 Å². The van der Waals surface area contributed by atoms with Crippen LogP contribution in [0, 0.1) is 11.7 Å². The van der Waals surface area contributed by atoms with Crippen molar-refractivity contribution in [1.82, 2.24) is 25.6 Å². The predicted octanol–water partition coefficient (Wildman–Crippen LogP) is 7.78. The molecule has 0 spiro atoms. The van der Waals surface area contributed by atoms with Crippen molar-refractivity contribution in [2.75, 3.05) is 6.61 Å². The molecule has 4 aromatic rings. The first kappa shape index (κ1) is 36.7. The average molecular weight is 736 g/mol. The molecule has 0 radical (unpaired) electrons. The highest BCUT2D eigenvalue weighted by molar-refractivity contribution is 6.33. The number of fused-ring (bicyclic) bond motifs is 1. The van der Waals surface area contributed by atoms with E-state index in [-0.39, 0.29) is 70.9 Å². The van der Waals surface area contributed by atoms with Crippen LogP contribution in [0.3, 0.4) is 0 Å². The number of hydrogen-bond donors (Lipinski definition) is 3. The Hall–Kier alpha value is -4.54. The van der Waals surface area contributed by atoms with E-state index in [1.807, 2.05) is 0 Å². The van der Waals surface area contributed by atoms with Gasteiger partial charge in [-0.1, -0.05) is 29.8 Å². The maximum Gasteiger partial charge on any atom is 0.416 e. The third-order valence-electron chi connectivity index (χ3n) is 8.08. The molecule has 1 saturated carbocycles. The van der Waals surface area contributed by atoms with E-state index < -0.39 is 78.4 Å². The molecule has 2 amide bonds. The molecule has 5 rings (SSSR count). The number of hydrogen-bond acceptors (Lipinski definition) is 5. The molecule has 0 bridgehead atoms. The van der Waals surface area contributed by atoms with Gasteiger partial charge >= 0.3 is 12.4 Å². The van der Waals surface area contributed by atoms with Gasteiger partial charge in [0.1, 0.15) is 17.2 Å².